The molecule has 2 aromatic rings. The highest BCUT2D eigenvalue weighted by atomic mass is 16.5. The van der Waals surface area contributed by atoms with Crippen LogP contribution in [0.15, 0.2) is 36.5 Å². The first-order valence-electron chi connectivity index (χ1n) is 8.46. The molecule has 1 aromatic heterocycles. The Morgan fingerprint density at radius 1 is 1.28 bits per heavy atom. The Bertz CT molecular complexity index is 826. The van der Waals surface area contributed by atoms with Gasteiger partial charge in [-0.15, -0.1) is 0 Å². The van der Waals surface area contributed by atoms with E-state index >= 15 is 0 Å². The maximum atomic E-state index is 12.8. The van der Waals surface area contributed by atoms with Crippen molar-refractivity contribution in [3.63, 3.8) is 0 Å². The molecule has 1 saturated heterocycles. The Morgan fingerprint density at radius 2 is 2.12 bits per heavy atom. The number of pyridine rings is 1. The maximum Gasteiger partial charge on any atom is 0.253 e. The Morgan fingerprint density at radius 3 is 2.88 bits per heavy atom. The van der Waals surface area contributed by atoms with Crippen LogP contribution in [-0.2, 0) is 0 Å². The van der Waals surface area contributed by atoms with Crippen LogP contribution in [0.3, 0.4) is 0 Å². The van der Waals surface area contributed by atoms with Gasteiger partial charge < -0.3 is 9.64 Å². The van der Waals surface area contributed by atoms with E-state index in [9.17, 15) is 4.79 Å². The van der Waals surface area contributed by atoms with Gasteiger partial charge in [-0.05, 0) is 56.0 Å². The number of piperidine rings is 1. The van der Waals surface area contributed by atoms with E-state index < -0.39 is 0 Å². The molecule has 1 aromatic carbocycles. The highest BCUT2D eigenvalue weighted by Gasteiger charge is 2.26. The molecule has 0 unspecified atom stereocenters. The topological polar surface area (TPSA) is 66.2 Å². The molecule has 1 amide bonds. The largest absolute Gasteiger partial charge is 0.472 e. The molecule has 0 spiro atoms. The number of carbonyl (C=O) groups is 1. The summed E-state index contributed by atoms with van der Waals surface area (Å²) in [6.07, 6.45) is 3.22. The number of likely N-dealkylation sites (tertiary alicyclic amines) is 1. The van der Waals surface area contributed by atoms with Crippen molar-refractivity contribution in [2.75, 3.05) is 13.1 Å². The first-order chi connectivity index (χ1) is 12.1. The van der Waals surface area contributed by atoms with E-state index in [1.165, 1.54) is 5.56 Å². The molecule has 1 atom stereocenters. The van der Waals surface area contributed by atoms with Crippen molar-refractivity contribution in [1.82, 2.24) is 9.88 Å². The quantitative estimate of drug-likeness (QED) is 0.863. The molecule has 5 nitrogen and oxygen atoms in total. The normalized spacial score (nSPS) is 17.0. The van der Waals surface area contributed by atoms with Crippen LogP contribution in [0.25, 0.3) is 0 Å². The molecule has 0 aliphatic carbocycles. The van der Waals surface area contributed by atoms with E-state index in [2.05, 4.69) is 11.1 Å². The summed E-state index contributed by atoms with van der Waals surface area (Å²) >= 11 is 0. The van der Waals surface area contributed by atoms with Gasteiger partial charge in [-0.3, -0.25) is 4.79 Å². The fourth-order valence-corrected chi connectivity index (χ4v) is 2.99. The lowest BCUT2D eigenvalue weighted by atomic mass is 10.0. The first kappa shape index (κ1) is 17.0. The lowest BCUT2D eigenvalue weighted by Crippen LogP contribution is -2.44. The van der Waals surface area contributed by atoms with Gasteiger partial charge in [-0.25, -0.2) is 4.98 Å². The summed E-state index contributed by atoms with van der Waals surface area (Å²) in [6.45, 7) is 5.32. The van der Waals surface area contributed by atoms with E-state index in [-0.39, 0.29) is 12.0 Å². The molecule has 5 heteroatoms. The zero-order chi connectivity index (χ0) is 17.8. The second kappa shape index (κ2) is 7.35. The number of nitrogens with zero attached hydrogens (tertiary/aromatic N) is 3. The van der Waals surface area contributed by atoms with Crippen LogP contribution >= 0.6 is 0 Å². The number of ether oxygens (including phenoxy) is 1. The Kier molecular flexibility index (Phi) is 4.99. The number of rotatable bonds is 3. The molecule has 1 fully saturated rings. The summed E-state index contributed by atoms with van der Waals surface area (Å²) in [5.41, 5.74) is 3.53. The highest BCUT2D eigenvalue weighted by molar-refractivity contribution is 5.94. The molecule has 0 radical (unpaired) electrons. The summed E-state index contributed by atoms with van der Waals surface area (Å²) in [4.78, 5) is 18.8. The predicted octanol–water partition coefficient (Wildman–Crippen LogP) is 3.25. The second-order valence-electron chi connectivity index (χ2n) is 6.43. The lowest BCUT2D eigenvalue weighted by Gasteiger charge is -2.32. The van der Waals surface area contributed by atoms with Crippen molar-refractivity contribution in [3.8, 4) is 11.9 Å². The fraction of sp³-hybridized carbons (Fsp3) is 0.350. The monoisotopic (exact) mass is 335 g/mol. The molecule has 1 aliphatic heterocycles. The van der Waals surface area contributed by atoms with Crippen LogP contribution < -0.4 is 4.74 Å². The van der Waals surface area contributed by atoms with Crippen molar-refractivity contribution in [2.45, 2.75) is 32.8 Å². The highest BCUT2D eigenvalue weighted by Crippen LogP contribution is 2.20. The summed E-state index contributed by atoms with van der Waals surface area (Å²) in [7, 11) is 0. The third-order valence-corrected chi connectivity index (χ3v) is 4.57. The summed E-state index contributed by atoms with van der Waals surface area (Å²) < 4.78 is 5.90. The predicted molar refractivity (Wildman–Crippen MR) is 94.4 cm³/mol. The fourth-order valence-electron chi connectivity index (χ4n) is 2.99. The van der Waals surface area contributed by atoms with Gasteiger partial charge in [0.1, 0.15) is 6.10 Å². The SMILES string of the molecule is Cc1ccc(C(=O)N2CCC[C@H](Oc3cc(C#N)ccn3)C2)cc1C. The number of amides is 1. The van der Waals surface area contributed by atoms with Gasteiger partial charge in [0.25, 0.3) is 5.91 Å². The second-order valence-corrected chi connectivity index (χ2v) is 6.43. The maximum absolute atomic E-state index is 12.8. The third-order valence-electron chi connectivity index (χ3n) is 4.57. The average Bonchev–Trinajstić information content (AvgIpc) is 2.64. The van der Waals surface area contributed by atoms with Gasteiger partial charge in [0.15, 0.2) is 0 Å². The van der Waals surface area contributed by atoms with Crippen molar-refractivity contribution in [1.29, 1.82) is 5.26 Å². The lowest BCUT2D eigenvalue weighted by molar-refractivity contribution is 0.0527. The van der Waals surface area contributed by atoms with E-state index in [4.69, 9.17) is 10.00 Å². The van der Waals surface area contributed by atoms with Crippen molar-refractivity contribution in [2.24, 2.45) is 0 Å². The standard InChI is InChI=1S/C20H21N3O2/c1-14-5-6-17(10-15(14)2)20(24)23-9-3-4-18(13-23)25-19-11-16(12-21)7-8-22-19/h5-8,10-11,18H,3-4,9,13H2,1-2H3/t18-/m0/s1. The number of hydrogen-bond acceptors (Lipinski definition) is 4. The van der Waals surface area contributed by atoms with E-state index in [1.54, 1.807) is 18.3 Å². The van der Waals surface area contributed by atoms with Crippen LogP contribution in [0, 0.1) is 25.2 Å². The summed E-state index contributed by atoms with van der Waals surface area (Å²) in [5, 5.41) is 8.96. The van der Waals surface area contributed by atoms with Crippen molar-refractivity contribution in [3.05, 3.63) is 58.8 Å². The van der Waals surface area contributed by atoms with Crippen molar-refractivity contribution < 1.29 is 9.53 Å². The molecule has 25 heavy (non-hydrogen) atoms. The molecule has 128 valence electrons. The smallest absolute Gasteiger partial charge is 0.253 e. The number of aromatic nitrogens is 1. The average molecular weight is 335 g/mol. The number of aryl methyl sites for hydroxylation is 2. The van der Waals surface area contributed by atoms with E-state index in [0.29, 0.717) is 23.6 Å². The number of nitriles is 1. The third kappa shape index (κ3) is 3.97. The minimum absolute atomic E-state index is 0.0372. The minimum atomic E-state index is -0.106. The molecular weight excluding hydrogens is 314 g/mol. The van der Waals surface area contributed by atoms with Gasteiger partial charge in [-0.2, -0.15) is 5.26 Å². The molecule has 0 bridgehead atoms. The van der Waals surface area contributed by atoms with E-state index in [1.807, 2.05) is 36.9 Å². The Hall–Kier alpha value is -2.87. The molecular formula is C20H21N3O2. The number of benzene rings is 1. The van der Waals surface area contributed by atoms with Gasteiger partial charge in [0, 0.05) is 24.4 Å². The van der Waals surface area contributed by atoms with Crippen LogP contribution in [0.5, 0.6) is 5.88 Å². The minimum Gasteiger partial charge on any atom is -0.472 e. The molecule has 0 saturated carbocycles. The van der Waals surface area contributed by atoms with E-state index in [0.717, 1.165) is 24.9 Å². The zero-order valence-corrected chi connectivity index (χ0v) is 14.5. The Labute approximate surface area is 147 Å². The number of carbonyl (C=O) groups excluding carboxylic acids is 1. The van der Waals surface area contributed by atoms with Crippen LogP contribution in [0.1, 0.15) is 39.9 Å². The molecule has 0 N–H and O–H groups in total. The Balaban J connectivity index is 1.69. The van der Waals surface area contributed by atoms with Crippen LogP contribution in [0.2, 0.25) is 0 Å². The molecule has 3 rings (SSSR count). The van der Waals surface area contributed by atoms with Crippen LogP contribution in [0.4, 0.5) is 0 Å². The van der Waals surface area contributed by atoms with Gasteiger partial charge >= 0.3 is 0 Å². The van der Waals surface area contributed by atoms with Crippen molar-refractivity contribution >= 4 is 5.91 Å². The summed E-state index contributed by atoms with van der Waals surface area (Å²) in [6, 6.07) is 11.2. The molecule has 1 aliphatic rings. The molecule has 2 heterocycles. The van der Waals surface area contributed by atoms with Gasteiger partial charge in [0.2, 0.25) is 5.88 Å². The van der Waals surface area contributed by atoms with Crippen LogP contribution in [-0.4, -0.2) is 35.0 Å². The van der Waals surface area contributed by atoms with Gasteiger partial charge in [0.05, 0.1) is 18.2 Å². The zero-order valence-electron chi connectivity index (χ0n) is 14.5. The number of hydrogen-bond donors (Lipinski definition) is 0. The van der Waals surface area contributed by atoms with Gasteiger partial charge in [-0.1, -0.05) is 6.07 Å². The summed E-state index contributed by atoms with van der Waals surface area (Å²) in [5.74, 6) is 0.472. The first-order valence-corrected chi connectivity index (χ1v) is 8.46.